The molecule has 2 aromatic carbocycles. The van der Waals surface area contributed by atoms with Crippen LogP contribution >= 0.6 is 27.5 Å². The fourth-order valence-electron chi connectivity index (χ4n) is 1.72. The van der Waals surface area contributed by atoms with Gasteiger partial charge in [0.05, 0.1) is 5.02 Å². The van der Waals surface area contributed by atoms with Gasteiger partial charge in [-0.25, -0.2) is 0 Å². The van der Waals surface area contributed by atoms with E-state index in [1.165, 1.54) is 5.56 Å². The van der Waals surface area contributed by atoms with E-state index in [0.717, 1.165) is 10.9 Å². The van der Waals surface area contributed by atoms with Crippen molar-refractivity contribution in [1.82, 2.24) is 0 Å². The Morgan fingerprint density at radius 3 is 2.39 bits per heavy atom. The molecule has 0 heterocycles. The van der Waals surface area contributed by atoms with Gasteiger partial charge in [0, 0.05) is 15.6 Å². The summed E-state index contributed by atoms with van der Waals surface area (Å²) >= 11 is 9.41. The van der Waals surface area contributed by atoms with E-state index in [9.17, 15) is 4.79 Å². The van der Waals surface area contributed by atoms with E-state index in [4.69, 9.17) is 11.6 Å². The fraction of sp³-hybridized carbons (Fsp3) is 0.133. The molecule has 18 heavy (non-hydrogen) atoms. The molecule has 0 fully saturated rings. The molecular weight excluding hydrogens is 312 g/mol. The van der Waals surface area contributed by atoms with Crippen molar-refractivity contribution in [1.29, 1.82) is 0 Å². The van der Waals surface area contributed by atoms with Gasteiger partial charge in [-0.2, -0.15) is 0 Å². The minimum atomic E-state index is -0.0462. The Morgan fingerprint density at radius 1 is 1.17 bits per heavy atom. The van der Waals surface area contributed by atoms with Crippen molar-refractivity contribution in [3.05, 3.63) is 68.7 Å². The zero-order valence-electron chi connectivity index (χ0n) is 9.91. The fourth-order valence-corrected chi connectivity index (χ4v) is 2.48. The average Bonchev–Trinajstić information content (AvgIpc) is 2.38. The quantitative estimate of drug-likeness (QED) is 0.735. The van der Waals surface area contributed by atoms with E-state index in [2.05, 4.69) is 22.9 Å². The van der Waals surface area contributed by atoms with E-state index in [0.29, 0.717) is 16.1 Å². The lowest BCUT2D eigenvalue weighted by atomic mass is 10.0. The summed E-state index contributed by atoms with van der Waals surface area (Å²) in [5, 5.41) is 0.467. The summed E-state index contributed by atoms with van der Waals surface area (Å²) in [5.41, 5.74) is 2.41. The van der Waals surface area contributed by atoms with Crippen molar-refractivity contribution in [2.75, 3.05) is 0 Å². The molecule has 2 aromatic rings. The molecule has 0 radical (unpaired) electrons. The third-order valence-electron chi connectivity index (χ3n) is 2.80. The summed E-state index contributed by atoms with van der Waals surface area (Å²) in [7, 11) is 0. The maximum Gasteiger partial charge on any atom is 0.194 e. The van der Waals surface area contributed by atoms with Crippen LogP contribution in [0.25, 0.3) is 0 Å². The van der Waals surface area contributed by atoms with Gasteiger partial charge in [-0.15, -0.1) is 0 Å². The molecule has 0 unspecified atom stereocenters. The molecule has 1 nitrogen and oxygen atoms in total. The Labute approximate surface area is 120 Å². The van der Waals surface area contributed by atoms with E-state index < -0.39 is 0 Å². The Hall–Kier alpha value is -1.12. The lowest BCUT2D eigenvalue weighted by Crippen LogP contribution is -2.02. The molecule has 0 aromatic heterocycles. The number of halogens is 2. The molecule has 0 bridgehead atoms. The molecular formula is C15H12BrClO. The van der Waals surface area contributed by atoms with E-state index >= 15 is 0 Å². The molecule has 92 valence electrons. The van der Waals surface area contributed by atoms with Gasteiger partial charge in [0.1, 0.15) is 0 Å². The number of carbonyl (C=O) groups is 1. The minimum Gasteiger partial charge on any atom is -0.289 e. The van der Waals surface area contributed by atoms with Crippen molar-refractivity contribution < 1.29 is 4.79 Å². The predicted molar refractivity (Wildman–Crippen MR) is 78.4 cm³/mol. The van der Waals surface area contributed by atoms with Crippen LogP contribution in [0, 0.1) is 0 Å². The molecule has 0 aliphatic carbocycles. The Balaban J connectivity index is 2.35. The summed E-state index contributed by atoms with van der Waals surface area (Å²) in [5.74, 6) is -0.0462. The van der Waals surface area contributed by atoms with Gasteiger partial charge >= 0.3 is 0 Å². The van der Waals surface area contributed by atoms with Crippen LogP contribution in [0.4, 0.5) is 0 Å². The highest BCUT2D eigenvalue weighted by atomic mass is 79.9. The SMILES string of the molecule is CCc1ccc(C(=O)c2ccc(Br)cc2Cl)cc1. The van der Waals surface area contributed by atoms with Gasteiger partial charge in [0.15, 0.2) is 5.78 Å². The van der Waals surface area contributed by atoms with Gasteiger partial charge in [-0.3, -0.25) is 4.79 Å². The summed E-state index contributed by atoms with van der Waals surface area (Å²) in [6.45, 7) is 2.09. The second kappa shape index (κ2) is 5.68. The van der Waals surface area contributed by atoms with Crippen LogP contribution in [0.15, 0.2) is 46.9 Å². The lowest BCUT2D eigenvalue weighted by molar-refractivity contribution is 0.103. The summed E-state index contributed by atoms with van der Waals surface area (Å²) in [6.07, 6.45) is 0.966. The third-order valence-corrected chi connectivity index (χ3v) is 3.61. The summed E-state index contributed by atoms with van der Waals surface area (Å²) < 4.78 is 0.866. The summed E-state index contributed by atoms with van der Waals surface area (Å²) in [6, 6.07) is 12.9. The minimum absolute atomic E-state index is 0.0462. The molecule has 2 rings (SSSR count). The number of hydrogen-bond donors (Lipinski definition) is 0. The van der Waals surface area contributed by atoms with Gasteiger partial charge in [0.2, 0.25) is 0 Å². The molecule has 0 aliphatic rings. The van der Waals surface area contributed by atoms with Crippen molar-refractivity contribution in [3.8, 4) is 0 Å². The highest BCUT2D eigenvalue weighted by molar-refractivity contribution is 9.10. The molecule has 0 atom stereocenters. The number of benzene rings is 2. The predicted octanol–water partition coefficient (Wildman–Crippen LogP) is 4.90. The van der Waals surface area contributed by atoms with Gasteiger partial charge in [0.25, 0.3) is 0 Å². The number of aryl methyl sites for hydroxylation is 1. The molecule has 0 saturated heterocycles. The molecule has 0 aliphatic heterocycles. The Morgan fingerprint density at radius 2 is 1.83 bits per heavy atom. The zero-order valence-corrected chi connectivity index (χ0v) is 12.3. The zero-order chi connectivity index (χ0) is 13.1. The largest absolute Gasteiger partial charge is 0.289 e. The number of ketones is 1. The van der Waals surface area contributed by atoms with Gasteiger partial charge in [-0.1, -0.05) is 58.7 Å². The third kappa shape index (κ3) is 2.82. The Kier molecular flexibility index (Phi) is 4.20. The Bertz CT molecular complexity index is 576. The number of hydrogen-bond acceptors (Lipinski definition) is 1. The first kappa shape index (κ1) is 13.3. The van der Waals surface area contributed by atoms with Crippen LogP contribution in [0.2, 0.25) is 5.02 Å². The maximum absolute atomic E-state index is 12.3. The van der Waals surface area contributed by atoms with Crippen molar-refractivity contribution in [2.24, 2.45) is 0 Å². The van der Waals surface area contributed by atoms with E-state index in [1.807, 2.05) is 30.3 Å². The van der Waals surface area contributed by atoms with Crippen molar-refractivity contribution in [3.63, 3.8) is 0 Å². The van der Waals surface area contributed by atoms with Crippen LogP contribution in [0.1, 0.15) is 28.4 Å². The lowest BCUT2D eigenvalue weighted by Gasteiger charge is -2.05. The highest BCUT2D eigenvalue weighted by Crippen LogP contribution is 2.23. The van der Waals surface area contributed by atoms with Crippen molar-refractivity contribution >= 4 is 33.3 Å². The van der Waals surface area contributed by atoms with Crippen LogP contribution in [0.5, 0.6) is 0 Å². The highest BCUT2D eigenvalue weighted by Gasteiger charge is 2.12. The first-order chi connectivity index (χ1) is 8.61. The van der Waals surface area contributed by atoms with E-state index in [-0.39, 0.29) is 5.78 Å². The normalized spacial score (nSPS) is 10.4. The summed E-state index contributed by atoms with van der Waals surface area (Å²) in [4.78, 5) is 12.3. The average molecular weight is 324 g/mol. The molecule has 0 amide bonds. The number of rotatable bonds is 3. The van der Waals surface area contributed by atoms with Crippen LogP contribution < -0.4 is 0 Å². The molecule has 0 spiro atoms. The molecule has 0 N–H and O–H groups in total. The maximum atomic E-state index is 12.3. The second-order valence-corrected chi connectivity index (χ2v) is 5.33. The van der Waals surface area contributed by atoms with E-state index in [1.54, 1.807) is 12.1 Å². The standard InChI is InChI=1S/C15H12BrClO/c1-2-10-3-5-11(6-4-10)15(18)13-8-7-12(16)9-14(13)17/h3-9H,2H2,1H3. The molecule has 0 saturated carbocycles. The van der Waals surface area contributed by atoms with Crippen LogP contribution in [-0.4, -0.2) is 5.78 Å². The second-order valence-electron chi connectivity index (χ2n) is 4.00. The van der Waals surface area contributed by atoms with Crippen molar-refractivity contribution in [2.45, 2.75) is 13.3 Å². The first-order valence-corrected chi connectivity index (χ1v) is 6.87. The number of carbonyl (C=O) groups excluding carboxylic acids is 1. The van der Waals surface area contributed by atoms with Crippen LogP contribution in [0.3, 0.4) is 0 Å². The topological polar surface area (TPSA) is 17.1 Å². The monoisotopic (exact) mass is 322 g/mol. The van der Waals surface area contributed by atoms with Gasteiger partial charge in [-0.05, 0) is 30.2 Å². The van der Waals surface area contributed by atoms with Gasteiger partial charge < -0.3 is 0 Å². The smallest absolute Gasteiger partial charge is 0.194 e. The van der Waals surface area contributed by atoms with Crippen LogP contribution in [-0.2, 0) is 6.42 Å². The molecule has 3 heteroatoms. The first-order valence-electron chi connectivity index (χ1n) is 5.70.